The number of nitrogens with one attached hydrogen (secondary N) is 1. The Labute approximate surface area is 143 Å². The summed E-state index contributed by atoms with van der Waals surface area (Å²) in [6.45, 7) is 3.69. The highest BCUT2D eigenvalue weighted by atomic mass is 35.5. The molecule has 1 N–H and O–H groups in total. The van der Waals surface area contributed by atoms with E-state index in [-0.39, 0.29) is 5.91 Å². The van der Waals surface area contributed by atoms with Crippen molar-refractivity contribution in [3.8, 4) is 11.4 Å². The third-order valence-electron chi connectivity index (χ3n) is 3.44. The van der Waals surface area contributed by atoms with Gasteiger partial charge in [-0.05, 0) is 31.2 Å². The molecule has 8 heteroatoms. The van der Waals surface area contributed by atoms with Gasteiger partial charge in [-0.1, -0.05) is 41.4 Å². The van der Waals surface area contributed by atoms with Gasteiger partial charge in [-0.15, -0.1) is 10.2 Å². The number of anilines is 1. The predicted molar refractivity (Wildman–Crippen MR) is 90.6 cm³/mol. The number of carbonyl (C=O) groups is 1. The zero-order chi connectivity index (χ0) is 17.1. The first-order valence-electron chi connectivity index (χ1n) is 7.32. The third kappa shape index (κ3) is 3.57. The van der Waals surface area contributed by atoms with E-state index in [1.807, 2.05) is 31.2 Å². The van der Waals surface area contributed by atoms with E-state index in [2.05, 4.69) is 25.7 Å². The van der Waals surface area contributed by atoms with Crippen molar-refractivity contribution in [3.05, 3.63) is 53.2 Å². The molecule has 0 aliphatic heterocycles. The van der Waals surface area contributed by atoms with Gasteiger partial charge in [0.25, 0.3) is 5.91 Å². The molecular formula is C16H15ClN6O. The van der Waals surface area contributed by atoms with Crippen molar-refractivity contribution in [2.24, 2.45) is 0 Å². The largest absolute Gasteiger partial charge is 0.309 e. The minimum atomic E-state index is -0.630. The van der Waals surface area contributed by atoms with Gasteiger partial charge in [-0.3, -0.25) is 4.79 Å². The molecule has 3 aromatic rings. The van der Waals surface area contributed by atoms with Crippen LogP contribution in [0.5, 0.6) is 0 Å². The first-order chi connectivity index (χ1) is 11.5. The summed E-state index contributed by atoms with van der Waals surface area (Å²) in [6.07, 6.45) is 1.46. The lowest BCUT2D eigenvalue weighted by molar-refractivity contribution is -0.119. The van der Waals surface area contributed by atoms with Gasteiger partial charge in [0, 0.05) is 11.8 Å². The molecule has 7 nitrogen and oxygen atoms in total. The average molecular weight is 343 g/mol. The molecule has 2 heterocycles. The SMILES string of the molecule is Cc1ccc(-c2nnn([C@@H](C)C(=O)Nc3ccc(Cl)cn3)n2)cc1. The summed E-state index contributed by atoms with van der Waals surface area (Å²) < 4.78 is 0. The van der Waals surface area contributed by atoms with Crippen molar-refractivity contribution >= 4 is 23.3 Å². The predicted octanol–water partition coefficient (Wildman–Crippen LogP) is 2.90. The van der Waals surface area contributed by atoms with E-state index in [0.717, 1.165) is 11.1 Å². The van der Waals surface area contributed by atoms with E-state index in [0.29, 0.717) is 16.7 Å². The molecule has 0 unspecified atom stereocenters. The fourth-order valence-electron chi connectivity index (χ4n) is 1.99. The number of tetrazole rings is 1. The Morgan fingerprint density at radius 2 is 1.96 bits per heavy atom. The molecule has 0 fully saturated rings. The topological polar surface area (TPSA) is 85.6 Å². The maximum absolute atomic E-state index is 12.3. The second kappa shape index (κ2) is 6.76. The Morgan fingerprint density at radius 1 is 1.21 bits per heavy atom. The Bertz CT molecular complexity index is 844. The van der Waals surface area contributed by atoms with Crippen LogP contribution in [0, 0.1) is 6.92 Å². The minimum Gasteiger partial charge on any atom is -0.309 e. The fourth-order valence-corrected chi connectivity index (χ4v) is 2.10. The molecule has 0 radical (unpaired) electrons. The van der Waals surface area contributed by atoms with Crippen molar-refractivity contribution in [1.29, 1.82) is 0 Å². The zero-order valence-corrected chi connectivity index (χ0v) is 13.9. The van der Waals surface area contributed by atoms with Crippen molar-refractivity contribution in [1.82, 2.24) is 25.2 Å². The molecular weight excluding hydrogens is 328 g/mol. The summed E-state index contributed by atoms with van der Waals surface area (Å²) in [5, 5.41) is 15.4. The molecule has 0 saturated heterocycles. The van der Waals surface area contributed by atoms with Gasteiger partial charge >= 0.3 is 0 Å². The number of halogens is 1. The number of hydrogen-bond donors (Lipinski definition) is 1. The van der Waals surface area contributed by atoms with Gasteiger partial charge in [-0.2, -0.15) is 4.80 Å². The van der Waals surface area contributed by atoms with Crippen LogP contribution in [0.2, 0.25) is 5.02 Å². The van der Waals surface area contributed by atoms with E-state index in [1.165, 1.54) is 11.0 Å². The molecule has 3 rings (SSSR count). The van der Waals surface area contributed by atoms with Crippen LogP contribution in [-0.4, -0.2) is 31.1 Å². The molecule has 122 valence electrons. The summed E-state index contributed by atoms with van der Waals surface area (Å²) in [7, 11) is 0. The number of carbonyl (C=O) groups excluding carboxylic acids is 1. The van der Waals surface area contributed by atoms with E-state index in [1.54, 1.807) is 19.1 Å². The molecule has 1 amide bonds. The average Bonchev–Trinajstić information content (AvgIpc) is 3.07. The molecule has 24 heavy (non-hydrogen) atoms. The highest BCUT2D eigenvalue weighted by molar-refractivity contribution is 6.30. The molecule has 0 spiro atoms. The Kier molecular flexibility index (Phi) is 4.52. The van der Waals surface area contributed by atoms with Crippen LogP contribution in [-0.2, 0) is 4.79 Å². The van der Waals surface area contributed by atoms with E-state index in [4.69, 9.17) is 11.6 Å². The van der Waals surface area contributed by atoms with E-state index >= 15 is 0 Å². The van der Waals surface area contributed by atoms with Gasteiger partial charge in [0.1, 0.15) is 11.9 Å². The molecule has 0 bridgehead atoms. The highest BCUT2D eigenvalue weighted by Gasteiger charge is 2.19. The second-order valence-electron chi connectivity index (χ2n) is 5.33. The lowest BCUT2D eigenvalue weighted by Crippen LogP contribution is -2.25. The molecule has 0 saturated carbocycles. The Balaban J connectivity index is 1.73. The van der Waals surface area contributed by atoms with Gasteiger partial charge in [-0.25, -0.2) is 4.98 Å². The van der Waals surface area contributed by atoms with Crippen LogP contribution in [0.25, 0.3) is 11.4 Å². The van der Waals surface area contributed by atoms with Crippen LogP contribution < -0.4 is 5.32 Å². The van der Waals surface area contributed by atoms with Crippen LogP contribution in [0.1, 0.15) is 18.5 Å². The first-order valence-corrected chi connectivity index (χ1v) is 7.70. The summed E-state index contributed by atoms with van der Waals surface area (Å²) >= 11 is 5.77. The van der Waals surface area contributed by atoms with Crippen molar-refractivity contribution < 1.29 is 4.79 Å². The first kappa shape index (κ1) is 16.1. The molecule has 0 aliphatic carbocycles. The maximum Gasteiger partial charge on any atom is 0.252 e. The number of nitrogens with zero attached hydrogens (tertiary/aromatic N) is 5. The number of benzene rings is 1. The monoisotopic (exact) mass is 342 g/mol. The van der Waals surface area contributed by atoms with Crippen LogP contribution in [0.15, 0.2) is 42.6 Å². The van der Waals surface area contributed by atoms with Crippen molar-refractivity contribution in [3.63, 3.8) is 0 Å². The fraction of sp³-hybridized carbons (Fsp3) is 0.188. The van der Waals surface area contributed by atoms with Crippen LogP contribution in [0.3, 0.4) is 0 Å². The number of rotatable bonds is 4. The zero-order valence-electron chi connectivity index (χ0n) is 13.1. The summed E-state index contributed by atoms with van der Waals surface area (Å²) in [6, 6.07) is 10.4. The number of aryl methyl sites for hydroxylation is 1. The van der Waals surface area contributed by atoms with Gasteiger partial charge in [0.05, 0.1) is 5.02 Å². The maximum atomic E-state index is 12.3. The third-order valence-corrected chi connectivity index (χ3v) is 3.67. The minimum absolute atomic E-state index is 0.294. The lowest BCUT2D eigenvalue weighted by atomic mass is 10.1. The summed E-state index contributed by atoms with van der Waals surface area (Å²) in [4.78, 5) is 17.6. The van der Waals surface area contributed by atoms with Gasteiger partial charge in [0.15, 0.2) is 0 Å². The second-order valence-corrected chi connectivity index (χ2v) is 5.76. The standard InChI is InChI=1S/C16H15ClN6O/c1-10-3-5-12(6-4-10)15-20-22-23(21-15)11(2)16(24)19-14-8-7-13(17)9-18-14/h3-9,11H,1-2H3,(H,18,19,24)/t11-/m0/s1. The molecule has 1 atom stereocenters. The van der Waals surface area contributed by atoms with Gasteiger partial charge < -0.3 is 5.32 Å². The number of hydrogen-bond acceptors (Lipinski definition) is 5. The quantitative estimate of drug-likeness (QED) is 0.787. The number of aromatic nitrogens is 5. The summed E-state index contributed by atoms with van der Waals surface area (Å²) in [5.41, 5.74) is 1.99. The Morgan fingerprint density at radius 3 is 2.62 bits per heavy atom. The normalized spacial score (nSPS) is 12.0. The molecule has 1 aromatic carbocycles. The van der Waals surface area contributed by atoms with Crippen molar-refractivity contribution in [2.45, 2.75) is 19.9 Å². The number of amides is 1. The Hall–Kier alpha value is -2.80. The smallest absolute Gasteiger partial charge is 0.252 e. The van der Waals surface area contributed by atoms with Crippen LogP contribution in [0.4, 0.5) is 5.82 Å². The molecule has 0 aliphatic rings. The molecule has 2 aromatic heterocycles. The van der Waals surface area contributed by atoms with Gasteiger partial charge in [0.2, 0.25) is 5.82 Å². The van der Waals surface area contributed by atoms with Crippen molar-refractivity contribution in [2.75, 3.05) is 5.32 Å². The van der Waals surface area contributed by atoms with E-state index in [9.17, 15) is 4.79 Å². The van der Waals surface area contributed by atoms with Crippen LogP contribution >= 0.6 is 11.6 Å². The highest BCUT2D eigenvalue weighted by Crippen LogP contribution is 2.16. The van der Waals surface area contributed by atoms with E-state index < -0.39 is 6.04 Å². The number of pyridine rings is 1. The summed E-state index contributed by atoms with van der Waals surface area (Å²) in [5.74, 6) is 0.590. The lowest BCUT2D eigenvalue weighted by Gasteiger charge is -2.10.